The lowest BCUT2D eigenvalue weighted by Gasteiger charge is -2.16. The predicted molar refractivity (Wildman–Crippen MR) is 95.4 cm³/mol. The highest BCUT2D eigenvalue weighted by atomic mass is 35.5. The quantitative estimate of drug-likeness (QED) is 0.745. The summed E-state index contributed by atoms with van der Waals surface area (Å²) in [6.07, 6.45) is 2.64. The summed E-state index contributed by atoms with van der Waals surface area (Å²) in [5.41, 5.74) is 0.812. The number of halogens is 1. The number of hydrogen-bond donors (Lipinski definition) is 2. The van der Waals surface area contributed by atoms with Crippen molar-refractivity contribution in [3.8, 4) is 17.2 Å². The van der Waals surface area contributed by atoms with Gasteiger partial charge in [-0.2, -0.15) is 0 Å². The van der Waals surface area contributed by atoms with E-state index in [9.17, 15) is 4.79 Å². The van der Waals surface area contributed by atoms with E-state index in [4.69, 9.17) is 14.2 Å². The van der Waals surface area contributed by atoms with E-state index in [1.165, 1.54) is 0 Å². The average Bonchev–Trinajstić information content (AvgIpc) is 3.10. The lowest BCUT2D eigenvalue weighted by Crippen LogP contribution is -2.24. The van der Waals surface area contributed by atoms with Crippen molar-refractivity contribution in [3.05, 3.63) is 17.7 Å². The van der Waals surface area contributed by atoms with Crippen molar-refractivity contribution in [2.75, 3.05) is 34.4 Å². The molecule has 7 heteroatoms. The van der Waals surface area contributed by atoms with Crippen molar-refractivity contribution in [1.82, 2.24) is 10.6 Å². The fraction of sp³-hybridized carbons (Fsp3) is 0.588. The van der Waals surface area contributed by atoms with Gasteiger partial charge in [-0.1, -0.05) is 0 Å². The van der Waals surface area contributed by atoms with Gasteiger partial charge < -0.3 is 24.8 Å². The van der Waals surface area contributed by atoms with Crippen molar-refractivity contribution in [3.63, 3.8) is 0 Å². The van der Waals surface area contributed by atoms with Gasteiger partial charge in [0.2, 0.25) is 5.91 Å². The lowest BCUT2D eigenvalue weighted by atomic mass is 10.0. The lowest BCUT2D eigenvalue weighted by molar-refractivity contribution is -0.121. The molecule has 1 heterocycles. The van der Waals surface area contributed by atoms with Crippen molar-refractivity contribution >= 4 is 18.3 Å². The Morgan fingerprint density at radius 1 is 1.21 bits per heavy atom. The Labute approximate surface area is 149 Å². The number of hydrogen-bond acceptors (Lipinski definition) is 5. The largest absolute Gasteiger partial charge is 0.496 e. The second-order valence-electron chi connectivity index (χ2n) is 5.68. The van der Waals surface area contributed by atoms with E-state index in [0.717, 1.165) is 31.5 Å². The summed E-state index contributed by atoms with van der Waals surface area (Å²) in [7, 11) is 4.77. The summed E-state index contributed by atoms with van der Waals surface area (Å²) in [6.45, 7) is 2.46. The van der Waals surface area contributed by atoms with E-state index in [-0.39, 0.29) is 18.3 Å². The first kappa shape index (κ1) is 20.4. The molecule has 0 bridgehead atoms. The fourth-order valence-corrected chi connectivity index (χ4v) is 2.82. The van der Waals surface area contributed by atoms with E-state index in [1.807, 2.05) is 0 Å². The summed E-state index contributed by atoms with van der Waals surface area (Å²) in [5, 5.41) is 6.27. The molecule has 6 nitrogen and oxygen atoms in total. The molecule has 1 aromatic rings. The Morgan fingerprint density at radius 2 is 1.88 bits per heavy atom. The molecule has 1 aliphatic rings. The van der Waals surface area contributed by atoms with Gasteiger partial charge in [0, 0.05) is 18.6 Å². The van der Waals surface area contributed by atoms with E-state index in [2.05, 4.69) is 10.6 Å². The van der Waals surface area contributed by atoms with Gasteiger partial charge in [0.1, 0.15) is 17.2 Å². The van der Waals surface area contributed by atoms with Gasteiger partial charge in [0.05, 0.1) is 33.4 Å². The molecule has 0 radical (unpaired) electrons. The van der Waals surface area contributed by atoms with Crippen LogP contribution in [0.2, 0.25) is 0 Å². The highest BCUT2D eigenvalue weighted by molar-refractivity contribution is 5.85. The van der Waals surface area contributed by atoms with Crippen LogP contribution in [0, 0.1) is 5.92 Å². The van der Waals surface area contributed by atoms with E-state index in [1.54, 1.807) is 33.5 Å². The molecule has 0 spiro atoms. The van der Waals surface area contributed by atoms with E-state index in [0.29, 0.717) is 36.1 Å². The summed E-state index contributed by atoms with van der Waals surface area (Å²) in [5.74, 6) is 2.60. The van der Waals surface area contributed by atoms with Crippen LogP contribution in [0.25, 0.3) is 0 Å². The molecule has 1 aliphatic heterocycles. The van der Waals surface area contributed by atoms with Crippen LogP contribution in [0.5, 0.6) is 17.2 Å². The molecule has 1 fully saturated rings. The van der Waals surface area contributed by atoms with Crippen molar-refractivity contribution < 1.29 is 19.0 Å². The molecule has 136 valence electrons. The topological polar surface area (TPSA) is 68.8 Å². The molecule has 0 aliphatic carbocycles. The summed E-state index contributed by atoms with van der Waals surface area (Å²) in [6, 6.07) is 3.57. The molecule has 24 heavy (non-hydrogen) atoms. The van der Waals surface area contributed by atoms with Crippen LogP contribution < -0.4 is 24.8 Å². The number of carbonyl (C=O) groups is 1. The molecule has 2 rings (SSSR count). The molecule has 1 unspecified atom stereocenters. The van der Waals surface area contributed by atoms with Crippen LogP contribution in [-0.4, -0.2) is 40.3 Å². The van der Waals surface area contributed by atoms with Crippen LogP contribution >= 0.6 is 12.4 Å². The smallest absolute Gasteiger partial charge is 0.220 e. The van der Waals surface area contributed by atoms with Crippen LogP contribution in [0.3, 0.4) is 0 Å². The third-order valence-corrected chi connectivity index (χ3v) is 4.22. The summed E-state index contributed by atoms with van der Waals surface area (Å²) in [4.78, 5) is 12.1. The van der Waals surface area contributed by atoms with Crippen LogP contribution in [-0.2, 0) is 11.3 Å². The molecule has 1 saturated heterocycles. The highest BCUT2D eigenvalue weighted by Gasteiger charge is 2.17. The Kier molecular flexibility index (Phi) is 8.71. The van der Waals surface area contributed by atoms with Gasteiger partial charge in [-0.15, -0.1) is 12.4 Å². The number of amides is 1. The van der Waals surface area contributed by atoms with Crippen molar-refractivity contribution in [1.29, 1.82) is 0 Å². The number of benzene rings is 1. The molecule has 1 aromatic carbocycles. The summed E-state index contributed by atoms with van der Waals surface area (Å²) >= 11 is 0. The average molecular weight is 359 g/mol. The van der Waals surface area contributed by atoms with E-state index >= 15 is 0 Å². The molecular weight excluding hydrogens is 332 g/mol. The third kappa shape index (κ3) is 5.46. The minimum atomic E-state index is 0. The third-order valence-electron chi connectivity index (χ3n) is 4.22. The normalized spacial score (nSPS) is 16.2. The maximum absolute atomic E-state index is 12.1. The number of methoxy groups -OCH3 is 3. The fourth-order valence-electron chi connectivity index (χ4n) is 2.82. The molecule has 1 amide bonds. The van der Waals surface area contributed by atoms with Crippen LogP contribution in [0.4, 0.5) is 0 Å². The monoisotopic (exact) mass is 358 g/mol. The second-order valence-corrected chi connectivity index (χ2v) is 5.68. The Balaban J connectivity index is 0.00000288. The molecule has 0 saturated carbocycles. The van der Waals surface area contributed by atoms with Gasteiger partial charge in [0.15, 0.2) is 0 Å². The minimum Gasteiger partial charge on any atom is -0.496 e. The number of rotatable bonds is 8. The van der Waals surface area contributed by atoms with Gasteiger partial charge in [0.25, 0.3) is 0 Å². The van der Waals surface area contributed by atoms with Crippen molar-refractivity contribution in [2.45, 2.75) is 25.8 Å². The van der Waals surface area contributed by atoms with Gasteiger partial charge in [-0.05, 0) is 31.8 Å². The zero-order chi connectivity index (χ0) is 16.7. The second kappa shape index (κ2) is 10.3. The minimum absolute atomic E-state index is 0. The first-order valence-corrected chi connectivity index (χ1v) is 7.94. The maximum Gasteiger partial charge on any atom is 0.220 e. The Bertz CT molecular complexity index is 508. The summed E-state index contributed by atoms with van der Waals surface area (Å²) < 4.78 is 16.0. The van der Waals surface area contributed by atoms with Gasteiger partial charge in [-0.25, -0.2) is 0 Å². The SMILES string of the molecule is COc1cc(OC)c(CNC(=O)CCC2CCNC2)c(OC)c1.Cl. The Hall–Kier alpha value is -1.66. The zero-order valence-electron chi connectivity index (χ0n) is 14.5. The zero-order valence-corrected chi connectivity index (χ0v) is 15.3. The standard InChI is InChI=1S/C17H26N2O4.ClH/c1-21-13-8-15(22-2)14(16(9-13)23-3)11-19-17(20)5-4-12-6-7-18-10-12;/h8-9,12,18H,4-7,10-11H2,1-3H3,(H,19,20);1H. The first-order chi connectivity index (χ1) is 11.2. The molecule has 1 atom stereocenters. The number of nitrogens with one attached hydrogen (secondary N) is 2. The first-order valence-electron chi connectivity index (χ1n) is 7.94. The molecule has 2 N–H and O–H groups in total. The van der Waals surface area contributed by atoms with Crippen LogP contribution in [0.15, 0.2) is 12.1 Å². The molecule has 0 aromatic heterocycles. The number of ether oxygens (including phenoxy) is 3. The maximum atomic E-state index is 12.1. The molecular formula is C17H27ClN2O4. The number of carbonyl (C=O) groups excluding carboxylic acids is 1. The van der Waals surface area contributed by atoms with Crippen LogP contribution in [0.1, 0.15) is 24.8 Å². The van der Waals surface area contributed by atoms with Gasteiger partial charge >= 0.3 is 0 Å². The van der Waals surface area contributed by atoms with Gasteiger partial charge in [-0.3, -0.25) is 4.79 Å². The van der Waals surface area contributed by atoms with E-state index < -0.39 is 0 Å². The highest BCUT2D eigenvalue weighted by Crippen LogP contribution is 2.33. The van der Waals surface area contributed by atoms with Crippen molar-refractivity contribution in [2.24, 2.45) is 5.92 Å². The Morgan fingerprint density at radius 3 is 2.38 bits per heavy atom. The predicted octanol–water partition coefficient (Wildman–Crippen LogP) is 2.14.